The van der Waals surface area contributed by atoms with E-state index < -0.39 is 24.1 Å². The van der Waals surface area contributed by atoms with Gasteiger partial charge in [-0.1, -0.05) is 29.7 Å². The van der Waals surface area contributed by atoms with E-state index in [2.05, 4.69) is 10.5 Å². The number of ether oxygens (including phenoxy) is 2. The van der Waals surface area contributed by atoms with Crippen LogP contribution in [-0.4, -0.2) is 29.2 Å². The average Bonchev–Trinajstić information content (AvgIpc) is 2.97. The quantitative estimate of drug-likeness (QED) is 0.755. The molecule has 1 amide bonds. The first-order valence-electron chi connectivity index (χ1n) is 7.76. The first-order valence-corrected chi connectivity index (χ1v) is 8.13. The lowest BCUT2D eigenvalue weighted by Crippen LogP contribution is -2.36. The summed E-state index contributed by atoms with van der Waals surface area (Å²) in [6.07, 6.45) is -1.55. The van der Waals surface area contributed by atoms with Crippen molar-refractivity contribution in [3.63, 3.8) is 0 Å². The molecule has 0 aliphatic carbocycles. The van der Waals surface area contributed by atoms with Crippen LogP contribution in [0.25, 0.3) is 0 Å². The van der Waals surface area contributed by atoms with E-state index in [1.165, 1.54) is 6.92 Å². The van der Waals surface area contributed by atoms with Crippen LogP contribution in [0, 0.1) is 6.92 Å². The number of amides is 1. The number of halogens is 1. The van der Waals surface area contributed by atoms with Crippen LogP contribution in [0.4, 0.5) is 5.82 Å². The molecule has 2 atom stereocenters. The highest BCUT2D eigenvalue weighted by molar-refractivity contribution is 6.30. The average molecular weight is 367 g/mol. The summed E-state index contributed by atoms with van der Waals surface area (Å²) in [6.45, 7) is 4.97. The molecule has 0 spiro atoms. The monoisotopic (exact) mass is 366 g/mol. The molecule has 0 saturated carbocycles. The Morgan fingerprint density at radius 3 is 2.72 bits per heavy atom. The van der Waals surface area contributed by atoms with Crippen LogP contribution in [0.3, 0.4) is 0 Å². The van der Waals surface area contributed by atoms with Crippen LogP contribution < -0.4 is 10.1 Å². The van der Waals surface area contributed by atoms with Crippen molar-refractivity contribution < 1.29 is 23.6 Å². The summed E-state index contributed by atoms with van der Waals surface area (Å²) < 4.78 is 15.6. The molecule has 2 aromatic rings. The SMILES string of the molecule is CCC(OC(=O)C(C)Oc1cccc(Cl)c1)C(=O)Nc1cc(C)on1. The molecule has 134 valence electrons. The van der Waals surface area contributed by atoms with Gasteiger partial charge in [0.1, 0.15) is 11.5 Å². The highest BCUT2D eigenvalue weighted by Gasteiger charge is 2.26. The number of nitrogens with one attached hydrogen (secondary N) is 1. The molecule has 1 aromatic carbocycles. The largest absolute Gasteiger partial charge is 0.479 e. The van der Waals surface area contributed by atoms with Gasteiger partial charge in [-0.2, -0.15) is 0 Å². The number of anilines is 1. The van der Waals surface area contributed by atoms with Gasteiger partial charge in [0.25, 0.3) is 5.91 Å². The third-order valence-electron chi connectivity index (χ3n) is 3.24. The third kappa shape index (κ3) is 5.49. The molecule has 25 heavy (non-hydrogen) atoms. The maximum atomic E-state index is 12.2. The molecule has 1 aromatic heterocycles. The Morgan fingerprint density at radius 1 is 1.36 bits per heavy atom. The Labute approximate surface area is 150 Å². The highest BCUT2D eigenvalue weighted by atomic mass is 35.5. The van der Waals surface area contributed by atoms with E-state index in [-0.39, 0.29) is 5.82 Å². The number of carbonyl (C=O) groups is 2. The van der Waals surface area contributed by atoms with Crippen molar-refractivity contribution in [3.05, 3.63) is 41.1 Å². The summed E-state index contributed by atoms with van der Waals surface area (Å²) in [5, 5.41) is 6.69. The van der Waals surface area contributed by atoms with Crippen LogP contribution >= 0.6 is 11.6 Å². The molecule has 0 bridgehead atoms. The molecule has 8 heteroatoms. The first kappa shape index (κ1) is 18.8. The number of benzene rings is 1. The standard InChI is InChI=1S/C17H19ClN2O5/c1-4-14(16(21)19-15-8-10(2)25-20-15)24-17(22)11(3)23-13-7-5-6-12(18)9-13/h5-9,11,14H,4H2,1-3H3,(H,19,20,21). The lowest BCUT2D eigenvalue weighted by atomic mass is 10.2. The van der Waals surface area contributed by atoms with Gasteiger partial charge in [-0.15, -0.1) is 0 Å². The molecule has 7 nitrogen and oxygen atoms in total. The van der Waals surface area contributed by atoms with Crippen molar-refractivity contribution in [3.8, 4) is 5.75 Å². The Balaban J connectivity index is 1.92. The summed E-state index contributed by atoms with van der Waals surface area (Å²) in [6, 6.07) is 8.23. The van der Waals surface area contributed by atoms with Crippen molar-refractivity contribution in [2.24, 2.45) is 0 Å². The van der Waals surface area contributed by atoms with E-state index in [0.717, 1.165) is 0 Å². The minimum Gasteiger partial charge on any atom is -0.479 e. The molecule has 2 unspecified atom stereocenters. The van der Waals surface area contributed by atoms with Crippen LogP contribution in [0.5, 0.6) is 5.75 Å². The fourth-order valence-electron chi connectivity index (χ4n) is 1.98. The smallest absolute Gasteiger partial charge is 0.347 e. The van der Waals surface area contributed by atoms with Gasteiger partial charge in [0, 0.05) is 11.1 Å². The minimum atomic E-state index is -0.963. The second kappa shape index (κ2) is 8.53. The zero-order chi connectivity index (χ0) is 18.4. The van der Waals surface area contributed by atoms with Gasteiger partial charge in [0.15, 0.2) is 18.0 Å². The van der Waals surface area contributed by atoms with Gasteiger partial charge >= 0.3 is 5.97 Å². The van der Waals surface area contributed by atoms with E-state index in [4.69, 9.17) is 25.6 Å². The molecule has 0 fully saturated rings. The van der Waals surface area contributed by atoms with E-state index >= 15 is 0 Å². The third-order valence-corrected chi connectivity index (χ3v) is 3.48. The van der Waals surface area contributed by atoms with E-state index in [1.807, 2.05) is 0 Å². The second-order valence-corrected chi connectivity index (χ2v) is 5.80. The van der Waals surface area contributed by atoms with Crippen molar-refractivity contribution in [1.29, 1.82) is 0 Å². The first-order chi connectivity index (χ1) is 11.9. The zero-order valence-corrected chi connectivity index (χ0v) is 14.9. The van der Waals surface area contributed by atoms with Gasteiger partial charge in [-0.3, -0.25) is 4.79 Å². The van der Waals surface area contributed by atoms with Crippen LogP contribution in [0.1, 0.15) is 26.0 Å². The lowest BCUT2D eigenvalue weighted by molar-refractivity contribution is -0.160. The fraction of sp³-hybridized carbons (Fsp3) is 0.353. The zero-order valence-electron chi connectivity index (χ0n) is 14.1. The van der Waals surface area contributed by atoms with Crippen molar-refractivity contribution in [1.82, 2.24) is 5.16 Å². The maximum Gasteiger partial charge on any atom is 0.347 e. The van der Waals surface area contributed by atoms with Gasteiger partial charge in [-0.05, 0) is 38.5 Å². The molecule has 0 saturated heterocycles. The summed E-state index contributed by atoms with van der Waals surface area (Å²) in [7, 11) is 0. The fourth-order valence-corrected chi connectivity index (χ4v) is 2.16. The summed E-state index contributed by atoms with van der Waals surface area (Å²) in [5.74, 6) is 0.119. The van der Waals surface area contributed by atoms with Crippen molar-refractivity contribution in [2.75, 3.05) is 5.32 Å². The molecular weight excluding hydrogens is 348 g/mol. The van der Waals surface area contributed by atoms with Crippen LogP contribution in [0.15, 0.2) is 34.9 Å². The van der Waals surface area contributed by atoms with E-state index in [1.54, 1.807) is 44.2 Å². The van der Waals surface area contributed by atoms with Crippen LogP contribution in [0.2, 0.25) is 5.02 Å². The number of hydrogen-bond acceptors (Lipinski definition) is 6. The predicted molar refractivity (Wildman–Crippen MR) is 91.6 cm³/mol. The number of carbonyl (C=O) groups excluding carboxylic acids is 2. The highest BCUT2D eigenvalue weighted by Crippen LogP contribution is 2.19. The van der Waals surface area contributed by atoms with Gasteiger partial charge in [0.2, 0.25) is 0 Å². The molecule has 0 aliphatic heterocycles. The second-order valence-electron chi connectivity index (χ2n) is 5.36. The maximum absolute atomic E-state index is 12.2. The summed E-state index contributed by atoms with van der Waals surface area (Å²) in [5.41, 5.74) is 0. The lowest BCUT2D eigenvalue weighted by Gasteiger charge is -2.19. The Morgan fingerprint density at radius 2 is 2.12 bits per heavy atom. The Bertz CT molecular complexity index is 746. The number of aryl methyl sites for hydroxylation is 1. The molecule has 0 aliphatic rings. The number of hydrogen-bond donors (Lipinski definition) is 1. The topological polar surface area (TPSA) is 90.7 Å². The van der Waals surface area contributed by atoms with Gasteiger partial charge in [0.05, 0.1) is 0 Å². The number of esters is 1. The van der Waals surface area contributed by atoms with E-state index in [0.29, 0.717) is 23.0 Å². The van der Waals surface area contributed by atoms with Crippen LogP contribution in [-0.2, 0) is 14.3 Å². The van der Waals surface area contributed by atoms with Crippen molar-refractivity contribution >= 4 is 29.3 Å². The summed E-state index contributed by atoms with van der Waals surface area (Å²) in [4.78, 5) is 24.4. The minimum absolute atomic E-state index is 0.264. The van der Waals surface area contributed by atoms with Gasteiger partial charge < -0.3 is 19.3 Å². The molecule has 2 rings (SSSR count). The van der Waals surface area contributed by atoms with Gasteiger partial charge in [-0.25, -0.2) is 4.79 Å². The molecule has 0 radical (unpaired) electrons. The van der Waals surface area contributed by atoms with E-state index in [9.17, 15) is 9.59 Å². The molecule has 1 heterocycles. The number of aromatic nitrogens is 1. The Kier molecular flexibility index (Phi) is 6.41. The number of rotatable bonds is 7. The normalized spacial score (nSPS) is 13.0. The predicted octanol–water partition coefficient (Wildman–Crippen LogP) is 3.36. The van der Waals surface area contributed by atoms with Crippen molar-refractivity contribution in [2.45, 2.75) is 39.4 Å². The summed E-state index contributed by atoms with van der Waals surface area (Å²) >= 11 is 5.87. The number of nitrogens with zero attached hydrogens (tertiary/aromatic N) is 1. The molecule has 1 N–H and O–H groups in total. The molecular formula is C17H19ClN2O5. The Hall–Kier alpha value is -2.54.